The van der Waals surface area contributed by atoms with E-state index in [-0.39, 0.29) is 10.1 Å². The predicted octanol–water partition coefficient (Wildman–Crippen LogP) is 4.39. The molecule has 1 N–H and O–H groups in total. The number of hydrogen-bond donors (Lipinski definition) is 1. The lowest BCUT2D eigenvalue weighted by atomic mass is 10.2. The summed E-state index contributed by atoms with van der Waals surface area (Å²) in [6.07, 6.45) is -0.529. The zero-order valence-electron chi connectivity index (χ0n) is 15.3. The van der Waals surface area contributed by atoms with E-state index in [0.29, 0.717) is 13.2 Å². The third-order valence-corrected chi connectivity index (χ3v) is 13.9. The fraction of sp³-hybridized carbons (Fsp3) is 1.00. The Kier molecular flexibility index (Phi) is 6.71. The summed E-state index contributed by atoms with van der Waals surface area (Å²) in [5, 5.41) is 10.4. The Hall–Kier alpha value is 0.314. The van der Waals surface area contributed by atoms with Crippen molar-refractivity contribution in [3.8, 4) is 0 Å². The average molecular weight is 321 g/mol. The molecular weight excluding hydrogens is 284 g/mol. The molecule has 122 valence electrons. The smallest absolute Gasteiger partial charge is 0.192 e. The lowest BCUT2D eigenvalue weighted by molar-refractivity contribution is 0.0528. The first-order valence-corrected chi connectivity index (χ1v) is 13.4. The molecule has 0 saturated carbocycles. The molecule has 0 aromatic carbocycles. The molecule has 3 nitrogen and oxygen atoms in total. The molecule has 0 fully saturated rings. The van der Waals surface area contributed by atoms with Crippen molar-refractivity contribution >= 4 is 16.6 Å². The Morgan fingerprint density at radius 3 is 1.20 bits per heavy atom. The molecule has 0 aromatic rings. The van der Waals surface area contributed by atoms with Crippen LogP contribution in [0.3, 0.4) is 0 Å². The number of aliphatic hydroxyl groups is 1. The van der Waals surface area contributed by atoms with E-state index in [2.05, 4.69) is 67.7 Å². The normalized spacial score (nSPS) is 15.0. The second kappa shape index (κ2) is 6.61. The van der Waals surface area contributed by atoms with Gasteiger partial charge in [-0.3, -0.25) is 0 Å². The molecule has 0 amide bonds. The van der Waals surface area contributed by atoms with E-state index < -0.39 is 22.7 Å². The van der Waals surface area contributed by atoms with Crippen LogP contribution in [0.4, 0.5) is 0 Å². The van der Waals surface area contributed by atoms with Gasteiger partial charge in [0.2, 0.25) is 0 Å². The molecule has 0 atom stereocenters. The van der Waals surface area contributed by atoms with Gasteiger partial charge in [0.05, 0.1) is 19.3 Å². The van der Waals surface area contributed by atoms with Crippen molar-refractivity contribution in [1.29, 1.82) is 0 Å². The second-order valence-corrected chi connectivity index (χ2v) is 18.4. The first kappa shape index (κ1) is 20.3. The van der Waals surface area contributed by atoms with Crippen LogP contribution >= 0.6 is 0 Å². The van der Waals surface area contributed by atoms with Gasteiger partial charge in [0.15, 0.2) is 16.6 Å². The summed E-state index contributed by atoms with van der Waals surface area (Å²) in [5.41, 5.74) is 0. The molecule has 0 rings (SSSR count). The summed E-state index contributed by atoms with van der Waals surface area (Å²) < 4.78 is 12.1. The van der Waals surface area contributed by atoms with Crippen molar-refractivity contribution < 1.29 is 14.0 Å². The maximum atomic E-state index is 10.1. The Labute approximate surface area is 128 Å². The Morgan fingerprint density at radius 2 is 1.00 bits per heavy atom. The van der Waals surface area contributed by atoms with Crippen LogP contribution in [0.5, 0.6) is 0 Å². The summed E-state index contributed by atoms with van der Waals surface area (Å²) in [5.74, 6) is 0. The molecule has 20 heavy (non-hydrogen) atoms. The van der Waals surface area contributed by atoms with Crippen LogP contribution in [0.15, 0.2) is 0 Å². The van der Waals surface area contributed by atoms with E-state index in [1.807, 2.05) is 0 Å². The highest BCUT2D eigenvalue weighted by Crippen LogP contribution is 2.37. The molecule has 0 aliphatic heterocycles. The summed E-state index contributed by atoms with van der Waals surface area (Å²) >= 11 is 0. The molecular formula is C15H36O3Si2. The van der Waals surface area contributed by atoms with Gasteiger partial charge in [0, 0.05) is 0 Å². The van der Waals surface area contributed by atoms with Gasteiger partial charge in [0.25, 0.3) is 0 Å². The third-order valence-electron chi connectivity index (χ3n) is 4.89. The highest BCUT2D eigenvalue weighted by atomic mass is 28.4. The molecule has 0 unspecified atom stereocenters. The highest BCUT2D eigenvalue weighted by Gasteiger charge is 2.39. The molecule has 0 aliphatic carbocycles. The maximum Gasteiger partial charge on any atom is 0.192 e. The quantitative estimate of drug-likeness (QED) is 0.738. The van der Waals surface area contributed by atoms with Gasteiger partial charge in [-0.2, -0.15) is 0 Å². The van der Waals surface area contributed by atoms with Gasteiger partial charge in [0.1, 0.15) is 0 Å². The molecule has 0 aromatic heterocycles. The minimum atomic E-state index is -1.78. The van der Waals surface area contributed by atoms with Gasteiger partial charge >= 0.3 is 0 Å². The standard InChI is InChI=1S/C15H36O3Si2/c1-14(2,3)19(7,8)17-11-13(16)12-18-20(9,10)15(4,5)6/h13,16H,11-12H2,1-10H3. The fourth-order valence-electron chi connectivity index (χ4n) is 1.09. The summed E-state index contributed by atoms with van der Waals surface area (Å²) in [4.78, 5) is 0. The van der Waals surface area contributed by atoms with Crippen molar-refractivity contribution in [2.45, 2.75) is 83.9 Å². The zero-order valence-corrected chi connectivity index (χ0v) is 17.3. The van der Waals surface area contributed by atoms with Gasteiger partial charge in [-0.25, -0.2) is 0 Å². The highest BCUT2D eigenvalue weighted by molar-refractivity contribution is 6.74. The Balaban J connectivity index is 4.31. The molecule has 0 spiro atoms. The van der Waals surface area contributed by atoms with Crippen LogP contribution in [-0.2, 0) is 8.85 Å². The van der Waals surface area contributed by atoms with Crippen LogP contribution in [-0.4, -0.2) is 41.1 Å². The third kappa shape index (κ3) is 5.97. The molecule has 5 heteroatoms. The topological polar surface area (TPSA) is 38.7 Å². The van der Waals surface area contributed by atoms with Crippen molar-refractivity contribution in [3.63, 3.8) is 0 Å². The van der Waals surface area contributed by atoms with E-state index in [1.54, 1.807) is 0 Å². The monoisotopic (exact) mass is 320 g/mol. The van der Waals surface area contributed by atoms with E-state index in [9.17, 15) is 5.11 Å². The predicted molar refractivity (Wildman–Crippen MR) is 92.3 cm³/mol. The van der Waals surface area contributed by atoms with Gasteiger partial charge in [-0.1, -0.05) is 41.5 Å². The van der Waals surface area contributed by atoms with Crippen LogP contribution in [0.25, 0.3) is 0 Å². The maximum absolute atomic E-state index is 10.1. The lowest BCUT2D eigenvalue weighted by Crippen LogP contribution is -2.45. The van der Waals surface area contributed by atoms with E-state index >= 15 is 0 Å². The van der Waals surface area contributed by atoms with E-state index in [0.717, 1.165) is 0 Å². The summed E-state index contributed by atoms with van der Waals surface area (Å²) in [7, 11) is -3.57. The molecule has 0 saturated heterocycles. The van der Waals surface area contributed by atoms with Crippen molar-refractivity contribution in [2.75, 3.05) is 13.2 Å². The number of aliphatic hydroxyl groups excluding tert-OH is 1. The number of hydrogen-bond acceptors (Lipinski definition) is 3. The Morgan fingerprint density at radius 1 is 0.750 bits per heavy atom. The van der Waals surface area contributed by atoms with Crippen LogP contribution < -0.4 is 0 Å². The van der Waals surface area contributed by atoms with Crippen molar-refractivity contribution in [3.05, 3.63) is 0 Å². The van der Waals surface area contributed by atoms with Gasteiger partial charge < -0.3 is 14.0 Å². The summed E-state index contributed by atoms with van der Waals surface area (Å²) in [6.45, 7) is 22.8. The van der Waals surface area contributed by atoms with E-state index in [1.165, 1.54) is 0 Å². The number of rotatable bonds is 6. The van der Waals surface area contributed by atoms with Crippen molar-refractivity contribution in [1.82, 2.24) is 0 Å². The first-order chi connectivity index (χ1) is 8.60. The SMILES string of the molecule is CC(C)(C)[Si](C)(C)OCC(O)CO[Si](C)(C)C(C)(C)C. The van der Waals surface area contributed by atoms with Crippen molar-refractivity contribution in [2.24, 2.45) is 0 Å². The minimum absolute atomic E-state index is 0.174. The van der Waals surface area contributed by atoms with E-state index in [4.69, 9.17) is 8.85 Å². The first-order valence-electron chi connectivity index (χ1n) is 7.56. The van der Waals surface area contributed by atoms with Gasteiger partial charge in [-0.15, -0.1) is 0 Å². The largest absolute Gasteiger partial charge is 0.414 e. The van der Waals surface area contributed by atoms with Crippen LogP contribution in [0.2, 0.25) is 36.3 Å². The molecule has 0 bridgehead atoms. The fourth-order valence-corrected chi connectivity index (χ4v) is 3.17. The lowest BCUT2D eigenvalue weighted by Gasteiger charge is -2.38. The summed E-state index contributed by atoms with van der Waals surface area (Å²) in [6, 6.07) is 0. The van der Waals surface area contributed by atoms with Crippen LogP contribution in [0, 0.1) is 0 Å². The molecule has 0 heterocycles. The second-order valence-electron chi connectivity index (χ2n) is 8.80. The molecule has 0 radical (unpaired) electrons. The minimum Gasteiger partial charge on any atom is -0.414 e. The van der Waals surface area contributed by atoms with Gasteiger partial charge in [-0.05, 0) is 36.3 Å². The average Bonchev–Trinajstić information content (AvgIpc) is 2.20. The Bertz CT molecular complexity index is 271. The molecule has 0 aliphatic rings. The zero-order chi connectivity index (χ0) is 16.4. The van der Waals surface area contributed by atoms with Crippen LogP contribution in [0.1, 0.15) is 41.5 Å².